The highest BCUT2D eigenvalue weighted by Crippen LogP contribution is 2.32. The SMILES string of the molecule is CC1CN(C(=O)Cn2cnc3c(c2=O)CC(C)(C)CC3)CC(C)(C)O1. The number of aromatic nitrogens is 2. The average Bonchev–Trinajstić information content (AvgIpc) is 2.48. The van der Waals surface area contributed by atoms with Gasteiger partial charge in [-0.25, -0.2) is 4.98 Å². The van der Waals surface area contributed by atoms with Gasteiger partial charge in [-0.15, -0.1) is 0 Å². The lowest BCUT2D eigenvalue weighted by Gasteiger charge is -2.41. The fourth-order valence-electron chi connectivity index (χ4n) is 3.99. The minimum Gasteiger partial charge on any atom is -0.369 e. The molecule has 0 spiro atoms. The first-order valence-corrected chi connectivity index (χ1v) is 9.09. The number of carbonyl (C=O) groups is 1. The van der Waals surface area contributed by atoms with Crippen LogP contribution in [-0.2, 0) is 28.9 Å². The Labute approximate surface area is 149 Å². The molecule has 6 heteroatoms. The molecule has 1 aromatic heterocycles. The van der Waals surface area contributed by atoms with Crippen molar-refractivity contribution in [1.29, 1.82) is 0 Å². The lowest BCUT2D eigenvalue weighted by atomic mass is 9.76. The minimum atomic E-state index is -0.365. The maximum atomic E-state index is 12.8. The van der Waals surface area contributed by atoms with Crippen molar-refractivity contribution in [2.45, 2.75) is 72.1 Å². The van der Waals surface area contributed by atoms with E-state index in [1.54, 1.807) is 4.90 Å². The molecule has 25 heavy (non-hydrogen) atoms. The lowest BCUT2D eigenvalue weighted by Crippen LogP contribution is -2.54. The molecular weight excluding hydrogens is 318 g/mol. The fraction of sp³-hybridized carbons (Fsp3) is 0.737. The van der Waals surface area contributed by atoms with Crippen molar-refractivity contribution in [3.63, 3.8) is 0 Å². The van der Waals surface area contributed by atoms with E-state index >= 15 is 0 Å². The number of nitrogens with zero attached hydrogens (tertiary/aromatic N) is 3. The van der Waals surface area contributed by atoms with Gasteiger partial charge >= 0.3 is 0 Å². The van der Waals surface area contributed by atoms with E-state index in [4.69, 9.17) is 4.74 Å². The number of aryl methyl sites for hydroxylation is 1. The zero-order valence-corrected chi connectivity index (χ0v) is 16.0. The molecule has 0 saturated carbocycles. The van der Waals surface area contributed by atoms with E-state index in [-0.39, 0.29) is 35.1 Å². The Balaban J connectivity index is 1.80. The number of rotatable bonds is 2. The number of amides is 1. The van der Waals surface area contributed by atoms with E-state index < -0.39 is 0 Å². The van der Waals surface area contributed by atoms with Gasteiger partial charge in [0.05, 0.1) is 23.7 Å². The average molecular weight is 347 g/mol. The molecule has 1 aromatic rings. The highest BCUT2D eigenvalue weighted by Gasteiger charge is 2.34. The van der Waals surface area contributed by atoms with Crippen LogP contribution in [0.5, 0.6) is 0 Å². The molecule has 0 aromatic carbocycles. The van der Waals surface area contributed by atoms with Gasteiger partial charge in [-0.3, -0.25) is 14.2 Å². The molecule has 138 valence electrons. The van der Waals surface area contributed by atoms with Gasteiger partial charge in [0.25, 0.3) is 5.56 Å². The van der Waals surface area contributed by atoms with Crippen molar-refractivity contribution in [3.8, 4) is 0 Å². The monoisotopic (exact) mass is 347 g/mol. The van der Waals surface area contributed by atoms with E-state index in [1.807, 2.05) is 20.8 Å². The van der Waals surface area contributed by atoms with Crippen LogP contribution in [0.2, 0.25) is 0 Å². The van der Waals surface area contributed by atoms with Crippen molar-refractivity contribution in [2.75, 3.05) is 13.1 Å². The highest BCUT2D eigenvalue weighted by molar-refractivity contribution is 5.76. The van der Waals surface area contributed by atoms with Crippen molar-refractivity contribution in [1.82, 2.24) is 14.5 Å². The van der Waals surface area contributed by atoms with Crippen molar-refractivity contribution in [3.05, 3.63) is 27.9 Å². The van der Waals surface area contributed by atoms with Crippen LogP contribution in [0.25, 0.3) is 0 Å². The Morgan fingerprint density at radius 1 is 1.36 bits per heavy atom. The molecule has 1 amide bonds. The smallest absolute Gasteiger partial charge is 0.257 e. The Bertz CT molecular complexity index is 736. The van der Waals surface area contributed by atoms with Crippen LogP contribution in [0.1, 0.15) is 52.3 Å². The third-order valence-corrected chi connectivity index (χ3v) is 5.14. The number of carbonyl (C=O) groups excluding carboxylic acids is 1. The molecule has 6 nitrogen and oxygen atoms in total. The second-order valence-electron chi connectivity index (χ2n) is 8.91. The maximum Gasteiger partial charge on any atom is 0.257 e. The van der Waals surface area contributed by atoms with Crippen LogP contribution in [0.3, 0.4) is 0 Å². The summed E-state index contributed by atoms with van der Waals surface area (Å²) in [5, 5.41) is 0. The second kappa shape index (κ2) is 6.24. The Kier molecular flexibility index (Phi) is 4.52. The summed E-state index contributed by atoms with van der Waals surface area (Å²) in [7, 11) is 0. The summed E-state index contributed by atoms with van der Waals surface area (Å²) in [6.07, 6.45) is 4.13. The number of hydrogen-bond donors (Lipinski definition) is 0. The van der Waals surface area contributed by atoms with Gasteiger partial charge < -0.3 is 9.64 Å². The van der Waals surface area contributed by atoms with Crippen molar-refractivity contribution >= 4 is 5.91 Å². The molecule has 2 aliphatic rings. The molecule has 0 N–H and O–H groups in total. The molecule has 1 fully saturated rings. The Hall–Kier alpha value is -1.69. The zero-order valence-electron chi connectivity index (χ0n) is 16.0. The topological polar surface area (TPSA) is 64.4 Å². The molecule has 0 radical (unpaired) electrons. The Morgan fingerprint density at radius 3 is 2.76 bits per heavy atom. The highest BCUT2D eigenvalue weighted by atomic mass is 16.5. The first kappa shape index (κ1) is 18.1. The van der Waals surface area contributed by atoms with E-state index in [0.29, 0.717) is 13.1 Å². The third-order valence-electron chi connectivity index (χ3n) is 5.14. The van der Waals surface area contributed by atoms with Crippen molar-refractivity contribution < 1.29 is 9.53 Å². The maximum absolute atomic E-state index is 12.8. The standard InChI is InChI=1S/C19H29N3O3/c1-13-9-21(11-19(4,5)25-13)16(23)10-22-12-20-15-6-7-18(2,3)8-14(15)17(22)24/h12-13H,6-11H2,1-5H3. The van der Waals surface area contributed by atoms with Crippen LogP contribution in [-0.4, -0.2) is 45.2 Å². The van der Waals surface area contributed by atoms with Gasteiger partial charge in [-0.2, -0.15) is 0 Å². The van der Waals surface area contributed by atoms with Crippen LogP contribution in [0, 0.1) is 5.41 Å². The third kappa shape index (κ3) is 3.94. The largest absolute Gasteiger partial charge is 0.369 e. The van der Waals surface area contributed by atoms with Gasteiger partial charge in [0.1, 0.15) is 6.54 Å². The summed E-state index contributed by atoms with van der Waals surface area (Å²) >= 11 is 0. The number of morpholine rings is 1. The molecule has 3 rings (SSSR count). The summed E-state index contributed by atoms with van der Waals surface area (Å²) in [5.74, 6) is -0.0536. The van der Waals surface area contributed by atoms with Crippen LogP contribution in [0.4, 0.5) is 0 Å². The van der Waals surface area contributed by atoms with Gasteiger partial charge in [0.15, 0.2) is 0 Å². The molecule has 1 aliphatic carbocycles. The Morgan fingerprint density at radius 2 is 2.08 bits per heavy atom. The predicted octanol–water partition coefficient (Wildman–Crippen LogP) is 1.78. The first-order chi connectivity index (χ1) is 11.6. The zero-order chi connectivity index (χ0) is 18.4. The predicted molar refractivity (Wildman–Crippen MR) is 95.5 cm³/mol. The van der Waals surface area contributed by atoms with Crippen LogP contribution < -0.4 is 5.56 Å². The van der Waals surface area contributed by atoms with Gasteiger partial charge in [0, 0.05) is 18.7 Å². The molecule has 1 saturated heterocycles. The lowest BCUT2D eigenvalue weighted by molar-refractivity contribution is -0.158. The molecule has 1 atom stereocenters. The molecule has 0 bridgehead atoms. The number of ether oxygens (including phenoxy) is 1. The minimum absolute atomic E-state index is 0.00752. The molecule has 1 aliphatic heterocycles. The summed E-state index contributed by atoms with van der Waals surface area (Å²) in [6.45, 7) is 11.4. The summed E-state index contributed by atoms with van der Waals surface area (Å²) < 4.78 is 7.32. The molecule has 1 unspecified atom stereocenters. The number of hydrogen-bond acceptors (Lipinski definition) is 4. The first-order valence-electron chi connectivity index (χ1n) is 9.09. The van der Waals surface area contributed by atoms with Crippen molar-refractivity contribution in [2.24, 2.45) is 5.41 Å². The number of fused-ring (bicyclic) bond motifs is 1. The summed E-state index contributed by atoms with van der Waals surface area (Å²) in [6, 6.07) is 0. The molecular formula is C19H29N3O3. The van der Waals surface area contributed by atoms with Gasteiger partial charge in [0.2, 0.25) is 5.91 Å². The molecule has 2 heterocycles. The van der Waals surface area contributed by atoms with Gasteiger partial charge in [-0.1, -0.05) is 13.8 Å². The van der Waals surface area contributed by atoms with E-state index in [0.717, 1.165) is 30.5 Å². The van der Waals surface area contributed by atoms with E-state index in [1.165, 1.54) is 10.9 Å². The second-order valence-corrected chi connectivity index (χ2v) is 8.91. The van der Waals surface area contributed by atoms with E-state index in [2.05, 4.69) is 18.8 Å². The fourth-order valence-corrected chi connectivity index (χ4v) is 3.99. The van der Waals surface area contributed by atoms with Crippen LogP contribution in [0.15, 0.2) is 11.1 Å². The summed E-state index contributed by atoms with van der Waals surface area (Å²) in [5.41, 5.74) is 1.36. The van der Waals surface area contributed by atoms with Gasteiger partial charge in [-0.05, 0) is 45.4 Å². The summed E-state index contributed by atoms with van der Waals surface area (Å²) in [4.78, 5) is 31.8. The normalized spacial score (nSPS) is 24.7. The quantitative estimate of drug-likeness (QED) is 0.818. The van der Waals surface area contributed by atoms with Crippen LogP contribution >= 0.6 is 0 Å². The van der Waals surface area contributed by atoms with E-state index in [9.17, 15) is 9.59 Å².